The standard InChI is InChI=1S/C19H26N4O3/c1-3-25-17-6-4-16(5-7-17)14-19(24)23-12-10-22(11-13-23)9-8-18-21-20-15(2)26-18/h4-7H,3,8-14H2,1-2H3. The van der Waals surface area contributed by atoms with Crippen LogP contribution >= 0.6 is 0 Å². The second-order valence-electron chi connectivity index (χ2n) is 6.44. The maximum absolute atomic E-state index is 12.5. The Balaban J connectivity index is 1.41. The van der Waals surface area contributed by atoms with Gasteiger partial charge in [0.1, 0.15) is 5.75 Å². The van der Waals surface area contributed by atoms with Gasteiger partial charge in [-0.2, -0.15) is 0 Å². The molecule has 26 heavy (non-hydrogen) atoms. The van der Waals surface area contributed by atoms with Gasteiger partial charge in [0.2, 0.25) is 17.7 Å². The molecule has 0 spiro atoms. The molecular weight excluding hydrogens is 332 g/mol. The Bertz CT molecular complexity index is 706. The van der Waals surface area contributed by atoms with Crippen LogP contribution in [0.15, 0.2) is 28.7 Å². The molecule has 3 rings (SSSR count). The normalized spacial score (nSPS) is 15.2. The van der Waals surface area contributed by atoms with Crippen molar-refractivity contribution in [2.24, 2.45) is 0 Å². The van der Waals surface area contributed by atoms with Gasteiger partial charge in [-0.15, -0.1) is 10.2 Å². The molecule has 0 bridgehead atoms. The maximum atomic E-state index is 12.5. The lowest BCUT2D eigenvalue weighted by Gasteiger charge is -2.34. The number of aromatic nitrogens is 2. The van der Waals surface area contributed by atoms with E-state index in [0.717, 1.165) is 50.5 Å². The van der Waals surface area contributed by atoms with Gasteiger partial charge in [-0.1, -0.05) is 12.1 Å². The van der Waals surface area contributed by atoms with E-state index in [1.807, 2.05) is 36.1 Å². The van der Waals surface area contributed by atoms with Gasteiger partial charge in [0, 0.05) is 46.1 Å². The number of ether oxygens (including phenoxy) is 1. The number of aryl methyl sites for hydroxylation is 1. The van der Waals surface area contributed by atoms with Crippen molar-refractivity contribution in [1.29, 1.82) is 0 Å². The molecule has 2 heterocycles. The minimum absolute atomic E-state index is 0.182. The zero-order valence-electron chi connectivity index (χ0n) is 15.5. The first-order valence-corrected chi connectivity index (χ1v) is 9.15. The molecule has 1 aromatic heterocycles. The summed E-state index contributed by atoms with van der Waals surface area (Å²) in [7, 11) is 0. The molecule has 0 unspecified atom stereocenters. The van der Waals surface area contributed by atoms with E-state index in [2.05, 4.69) is 15.1 Å². The third-order valence-corrected chi connectivity index (χ3v) is 4.52. The number of benzene rings is 1. The maximum Gasteiger partial charge on any atom is 0.227 e. The summed E-state index contributed by atoms with van der Waals surface area (Å²) in [6.07, 6.45) is 1.19. The molecule has 140 valence electrons. The number of carbonyl (C=O) groups excluding carboxylic acids is 1. The predicted molar refractivity (Wildman–Crippen MR) is 97.1 cm³/mol. The number of hydrogen-bond donors (Lipinski definition) is 0. The molecule has 0 atom stereocenters. The molecule has 7 heteroatoms. The second-order valence-corrected chi connectivity index (χ2v) is 6.44. The Morgan fingerprint density at radius 3 is 2.50 bits per heavy atom. The lowest BCUT2D eigenvalue weighted by atomic mass is 10.1. The first-order chi connectivity index (χ1) is 12.6. The van der Waals surface area contributed by atoms with Crippen LogP contribution < -0.4 is 4.74 Å². The Morgan fingerprint density at radius 1 is 1.15 bits per heavy atom. The highest BCUT2D eigenvalue weighted by atomic mass is 16.5. The van der Waals surface area contributed by atoms with Gasteiger partial charge in [0.05, 0.1) is 13.0 Å². The van der Waals surface area contributed by atoms with Gasteiger partial charge in [0.25, 0.3) is 0 Å². The van der Waals surface area contributed by atoms with Crippen LogP contribution in [0, 0.1) is 6.92 Å². The fourth-order valence-electron chi connectivity index (χ4n) is 3.07. The average molecular weight is 358 g/mol. The van der Waals surface area contributed by atoms with Crippen LogP contribution in [0.25, 0.3) is 0 Å². The minimum atomic E-state index is 0.182. The van der Waals surface area contributed by atoms with Crippen LogP contribution in [0.5, 0.6) is 5.75 Å². The second kappa shape index (κ2) is 8.80. The summed E-state index contributed by atoms with van der Waals surface area (Å²) < 4.78 is 10.8. The highest BCUT2D eigenvalue weighted by Crippen LogP contribution is 2.14. The molecule has 0 aliphatic carbocycles. The summed E-state index contributed by atoms with van der Waals surface area (Å²) in [6.45, 7) is 8.56. The number of carbonyl (C=O) groups is 1. The van der Waals surface area contributed by atoms with Crippen LogP contribution in [0.4, 0.5) is 0 Å². The van der Waals surface area contributed by atoms with E-state index < -0.39 is 0 Å². The summed E-state index contributed by atoms with van der Waals surface area (Å²) in [5.74, 6) is 2.30. The Hall–Kier alpha value is -2.41. The molecular formula is C19H26N4O3. The highest BCUT2D eigenvalue weighted by molar-refractivity contribution is 5.78. The summed E-state index contributed by atoms with van der Waals surface area (Å²) in [5, 5.41) is 7.87. The highest BCUT2D eigenvalue weighted by Gasteiger charge is 2.21. The lowest BCUT2D eigenvalue weighted by Crippen LogP contribution is -2.49. The average Bonchev–Trinajstić information content (AvgIpc) is 3.07. The van der Waals surface area contributed by atoms with Gasteiger partial charge >= 0.3 is 0 Å². The van der Waals surface area contributed by atoms with Gasteiger partial charge in [0.15, 0.2) is 0 Å². The lowest BCUT2D eigenvalue weighted by molar-refractivity contribution is -0.132. The van der Waals surface area contributed by atoms with Crippen LogP contribution in [0.2, 0.25) is 0 Å². The molecule has 2 aromatic rings. The third kappa shape index (κ3) is 5.05. The molecule has 1 saturated heterocycles. The fourth-order valence-corrected chi connectivity index (χ4v) is 3.07. The summed E-state index contributed by atoms with van der Waals surface area (Å²) in [6, 6.07) is 7.77. The molecule has 1 aromatic carbocycles. The number of piperazine rings is 1. The largest absolute Gasteiger partial charge is 0.494 e. The molecule has 1 aliphatic rings. The van der Waals surface area contributed by atoms with E-state index in [1.165, 1.54) is 0 Å². The summed E-state index contributed by atoms with van der Waals surface area (Å²) in [5.41, 5.74) is 1.02. The predicted octanol–water partition coefficient (Wildman–Crippen LogP) is 1.71. The number of amides is 1. The van der Waals surface area contributed by atoms with E-state index in [1.54, 1.807) is 6.92 Å². The molecule has 1 amide bonds. The molecule has 0 radical (unpaired) electrons. The molecule has 0 N–H and O–H groups in total. The van der Waals surface area contributed by atoms with Crippen molar-refractivity contribution < 1.29 is 13.9 Å². The van der Waals surface area contributed by atoms with Crippen LogP contribution in [-0.2, 0) is 17.6 Å². The Labute approximate surface area is 153 Å². The molecule has 1 aliphatic heterocycles. The zero-order valence-corrected chi connectivity index (χ0v) is 15.5. The zero-order chi connectivity index (χ0) is 18.4. The van der Waals surface area contributed by atoms with Gasteiger partial charge in [-0.25, -0.2) is 0 Å². The SMILES string of the molecule is CCOc1ccc(CC(=O)N2CCN(CCc3nnc(C)o3)CC2)cc1. The van der Waals surface area contributed by atoms with Crippen molar-refractivity contribution in [1.82, 2.24) is 20.0 Å². The monoisotopic (exact) mass is 358 g/mol. The van der Waals surface area contributed by atoms with Crippen molar-refractivity contribution in [3.8, 4) is 5.75 Å². The van der Waals surface area contributed by atoms with E-state index in [-0.39, 0.29) is 5.91 Å². The topological polar surface area (TPSA) is 71.7 Å². The minimum Gasteiger partial charge on any atom is -0.494 e. The van der Waals surface area contributed by atoms with Crippen molar-refractivity contribution in [3.05, 3.63) is 41.6 Å². The quantitative estimate of drug-likeness (QED) is 0.750. The third-order valence-electron chi connectivity index (χ3n) is 4.52. The van der Waals surface area contributed by atoms with Crippen LogP contribution in [0.1, 0.15) is 24.3 Å². The van der Waals surface area contributed by atoms with E-state index in [4.69, 9.17) is 9.15 Å². The Morgan fingerprint density at radius 2 is 1.88 bits per heavy atom. The number of hydrogen-bond acceptors (Lipinski definition) is 6. The summed E-state index contributed by atoms with van der Waals surface area (Å²) in [4.78, 5) is 16.8. The van der Waals surface area contributed by atoms with Crippen molar-refractivity contribution >= 4 is 5.91 Å². The van der Waals surface area contributed by atoms with E-state index >= 15 is 0 Å². The number of rotatable bonds is 7. The summed E-state index contributed by atoms with van der Waals surface area (Å²) >= 11 is 0. The molecule has 7 nitrogen and oxygen atoms in total. The molecule has 1 fully saturated rings. The smallest absolute Gasteiger partial charge is 0.227 e. The van der Waals surface area contributed by atoms with Crippen LogP contribution in [0.3, 0.4) is 0 Å². The van der Waals surface area contributed by atoms with E-state index in [0.29, 0.717) is 24.8 Å². The van der Waals surface area contributed by atoms with E-state index in [9.17, 15) is 4.79 Å². The van der Waals surface area contributed by atoms with Crippen molar-refractivity contribution in [2.75, 3.05) is 39.3 Å². The first-order valence-electron chi connectivity index (χ1n) is 9.15. The van der Waals surface area contributed by atoms with Gasteiger partial charge in [-0.05, 0) is 24.6 Å². The Kier molecular flexibility index (Phi) is 6.22. The van der Waals surface area contributed by atoms with Gasteiger partial charge < -0.3 is 14.1 Å². The molecule has 0 saturated carbocycles. The van der Waals surface area contributed by atoms with Crippen molar-refractivity contribution in [3.63, 3.8) is 0 Å². The van der Waals surface area contributed by atoms with Crippen molar-refractivity contribution in [2.45, 2.75) is 26.7 Å². The fraction of sp³-hybridized carbons (Fsp3) is 0.526. The number of nitrogens with zero attached hydrogens (tertiary/aromatic N) is 4. The van der Waals surface area contributed by atoms with Crippen LogP contribution in [-0.4, -0.2) is 65.2 Å². The van der Waals surface area contributed by atoms with Gasteiger partial charge in [-0.3, -0.25) is 9.69 Å². The first kappa shape index (κ1) is 18.4.